The average Bonchev–Trinajstić information content (AvgIpc) is 3.52. The fraction of sp³-hybridized carbons (Fsp3) is 0.552. The largest absolute Gasteiger partial charge is 0.381 e. The third-order valence-corrected chi connectivity index (χ3v) is 8.44. The maximum Gasteiger partial charge on any atom is 0.225 e. The molecule has 0 aliphatic carbocycles. The van der Waals surface area contributed by atoms with Gasteiger partial charge in [-0.25, -0.2) is 0 Å². The van der Waals surface area contributed by atoms with Crippen molar-refractivity contribution in [2.75, 3.05) is 32.9 Å². The van der Waals surface area contributed by atoms with E-state index in [0.29, 0.717) is 39.3 Å². The maximum atomic E-state index is 13.9. The molecule has 2 fully saturated rings. The van der Waals surface area contributed by atoms with E-state index in [1.807, 2.05) is 12.3 Å². The Bertz CT molecular complexity index is 1330. The zero-order valence-electron chi connectivity index (χ0n) is 22.6. The van der Waals surface area contributed by atoms with Crippen molar-refractivity contribution < 1.29 is 19.1 Å². The number of fused-ring (bicyclic) bond motifs is 3. The first-order valence-electron chi connectivity index (χ1n) is 13.4. The molecule has 4 heterocycles. The summed E-state index contributed by atoms with van der Waals surface area (Å²) < 4.78 is 12.7. The van der Waals surface area contributed by atoms with Gasteiger partial charge in [-0.05, 0) is 72.5 Å². The number of hydrogen-bond acceptors (Lipinski definition) is 6. The molecule has 2 aromatic heterocycles. The second-order valence-electron chi connectivity index (χ2n) is 11.6. The van der Waals surface area contributed by atoms with E-state index in [9.17, 15) is 9.59 Å². The third kappa shape index (κ3) is 5.90. The molecule has 3 atom stereocenters. The van der Waals surface area contributed by atoms with Crippen molar-refractivity contribution in [3.8, 4) is 0 Å². The van der Waals surface area contributed by atoms with Gasteiger partial charge in [0, 0.05) is 52.7 Å². The van der Waals surface area contributed by atoms with Crippen LogP contribution in [0.3, 0.4) is 0 Å². The lowest BCUT2D eigenvalue weighted by Crippen LogP contribution is -2.61. The number of amides is 1. The molecule has 2 N–H and O–H groups in total. The molecule has 0 spiro atoms. The molecule has 9 heteroatoms. The number of benzene rings is 1. The Kier molecular flexibility index (Phi) is 8.09. The Morgan fingerprint density at radius 3 is 2.82 bits per heavy atom. The van der Waals surface area contributed by atoms with Crippen LogP contribution >= 0.6 is 22.6 Å². The molecular formula is C29H37IN4O4. The third-order valence-electron chi connectivity index (χ3n) is 7.81. The van der Waals surface area contributed by atoms with Gasteiger partial charge in [-0.2, -0.15) is 0 Å². The summed E-state index contributed by atoms with van der Waals surface area (Å²) in [4.78, 5) is 36.7. The predicted octanol–water partition coefficient (Wildman–Crippen LogP) is 4.09. The SMILES string of the molecule is CC(C)[C@@H](CN1CC(C)(C)OC[C@H]1C(=O)Cc1cc(I)cc2c1[nH]c1cnccc12)NC(=O)C1CCOC1. The van der Waals surface area contributed by atoms with E-state index in [-0.39, 0.29) is 41.2 Å². The van der Waals surface area contributed by atoms with E-state index in [2.05, 4.69) is 82.6 Å². The number of aromatic amines is 1. The monoisotopic (exact) mass is 632 g/mol. The minimum atomic E-state index is -0.380. The molecule has 5 rings (SSSR count). The highest BCUT2D eigenvalue weighted by atomic mass is 127. The van der Waals surface area contributed by atoms with Crippen molar-refractivity contribution in [3.63, 3.8) is 0 Å². The Morgan fingerprint density at radius 2 is 2.08 bits per heavy atom. The minimum Gasteiger partial charge on any atom is -0.381 e. The number of Topliss-reactive ketones (excluding diaryl/α,β-unsaturated/α-hetero) is 1. The Labute approximate surface area is 237 Å². The number of pyridine rings is 1. The van der Waals surface area contributed by atoms with Crippen LogP contribution in [-0.2, 0) is 25.5 Å². The molecule has 38 heavy (non-hydrogen) atoms. The first kappa shape index (κ1) is 27.5. The quantitative estimate of drug-likeness (QED) is 0.364. The number of ketones is 1. The van der Waals surface area contributed by atoms with Gasteiger partial charge in [0.25, 0.3) is 0 Å². The van der Waals surface area contributed by atoms with Crippen molar-refractivity contribution in [1.82, 2.24) is 20.2 Å². The van der Waals surface area contributed by atoms with E-state index in [0.717, 1.165) is 37.4 Å². The highest BCUT2D eigenvalue weighted by Gasteiger charge is 2.39. The van der Waals surface area contributed by atoms with Crippen LogP contribution in [0.1, 0.15) is 39.7 Å². The smallest absolute Gasteiger partial charge is 0.225 e. The Hall–Kier alpha value is -2.08. The number of halogens is 1. The van der Waals surface area contributed by atoms with Crippen LogP contribution in [0.25, 0.3) is 21.8 Å². The second kappa shape index (κ2) is 11.2. The predicted molar refractivity (Wildman–Crippen MR) is 156 cm³/mol. The number of H-pyrrole nitrogens is 1. The number of hydrogen-bond donors (Lipinski definition) is 2. The molecule has 2 aliphatic heterocycles. The number of aromatic nitrogens is 2. The van der Waals surface area contributed by atoms with Gasteiger partial charge < -0.3 is 19.8 Å². The van der Waals surface area contributed by atoms with Crippen LogP contribution in [0, 0.1) is 15.4 Å². The Morgan fingerprint density at radius 1 is 1.26 bits per heavy atom. The molecular weight excluding hydrogens is 595 g/mol. The van der Waals surface area contributed by atoms with Crippen LogP contribution < -0.4 is 5.32 Å². The van der Waals surface area contributed by atoms with E-state index < -0.39 is 0 Å². The molecule has 2 aliphatic rings. The summed E-state index contributed by atoms with van der Waals surface area (Å²) in [6, 6.07) is 5.79. The number of ether oxygens (including phenoxy) is 2. The van der Waals surface area contributed by atoms with Gasteiger partial charge in [-0.15, -0.1) is 0 Å². The Balaban J connectivity index is 1.38. The van der Waals surface area contributed by atoms with Gasteiger partial charge in [0.15, 0.2) is 5.78 Å². The molecule has 1 aromatic carbocycles. The zero-order valence-corrected chi connectivity index (χ0v) is 24.7. The maximum absolute atomic E-state index is 13.9. The highest BCUT2D eigenvalue weighted by Crippen LogP contribution is 2.31. The molecule has 0 bridgehead atoms. The fourth-order valence-corrected chi connectivity index (χ4v) is 6.28. The average molecular weight is 633 g/mol. The summed E-state index contributed by atoms with van der Waals surface area (Å²) in [6.07, 6.45) is 4.68. The molecule has 1 unspecified atom stereocenters. The van der Waals surface area contributed by atoms with Crippen molar-refractivity contribution in [3.05, 3.63) is 39.7 Å². The van der Waals surface area contributed by atoms with Gasteiger partial charge >= 0.3 is 0 Å². The molecule has 2 saturated heterocycles. The molecule has 0 radical (unpaired) electrons. The van der Waals surface area contributed by atoms with Gasteiger partial charge in [0.05, 0.1) is 48.0 Å². The number of morpholine rings is 1. The normalized spacial score (nSPS) is 22.8. The second-order valence-corrected chi connectivity index (χ2v) is 12.9. The van der Waals surface area contributed by atoms with Gasteiger partial charge in [0.2, 0.25) is 5.91 Å². The molecule has 0 saturated carbocycles. The summed E-state index contributed by atoms with van der Waals surface area (Å²) in [5.74, 6) is 0.298. The zero-order chi connectivity index (χ0) is 27.0. The summed E-state index contributed by atoms with van der Waals surface area (Å²) >= 11 is 2.32. The standard InChI is InChI=1S/C29H37IN4O4/c1-17(2)24(33-28(36)18-6-8-37-14-18)13-34-16-29(3,4)38-15-25(34)26(35)10-19-9-20(30)11-22-21-5-7-31-12-23(21)32-27(19)22/h5,7,9,11-12,17-18,24-25,32H,6,8,10,13-16H2,1-4H3,(H,33,36)/t18?,24-,25+/m1/s1. The molecule has 1 amide bonds. The highest BCUT2D eigenvalue weighted by molar-refractivity contribution is 14.1. The summed E-state index contributed by atoms with van der Waals surface area (Å²) in [6.45, 7) is 11.0. The van der Waals surface area contributed by atoms with Gasteiger partial charge in [0.1, 0.15) is 0 Å². The number of nitrogens with one attached hydrogen (secondary N) is 2. The van der Waals surface area contributed by atoms with E-state index >= 15 is 0 Å². The van der Waals surface area contributed by atoms with Gasteiger partial charge in [-0.3, -0.25) is 19.5 Å². The lowest BCUT2D eigenvalue weighted by molar-refractivity contribution is -0.146. The van der Waals surface area contributed by atoms with E-state index in [1.165, 1.54) is 0 Å². The van der Waals surface area contributed by atoms with E-state index in [4.69, 9.17) is 9.47 Å². The number of carbonyl (C=O) groups excluding carboxylic acids is 2. The summed E-state index contributed by atoms with van der Waals surface area (Å²) in [5, 5.41) is 5.48. The lowest BCUT2D eigenvalue weighted by Gasteiger charge is -2.45. The fourth-order valence-electron chi connectivity index (χ4n) is 5.59. The van der Waals surface area contributed by atoms with Crippen molar-refractivity contribution in [2.45, 2.75) is 58.2 Å². The number of carbonyl (C=O) groups is 2. The van der Waals surface area contributed by atoms with Crippen molar-refractivity contribution >= 4 is 56.1 Å². The molecule has 3 aromatic rings. The van der Waals surface area contributed by atoms with Crippen LogP contribution in [0.4, 0.5) is 0 Å². The van der Waals surface area contributed by atoms with Crippen molar-refractivity contribution in [2.24, 2.45) is 11.8 Å². The topological polar surface area (TPSA) is 96.5 Å². The van der Waals surface area contributed by atoms with E-state index in [1.54, 1.807) is 6.20 Å². The minimum absolute atomic E-state index is 0.0474. The number of nitrogens with zero attached hydrogens (tertiary/aromatic N) is 2. The summed E-state index contributed by atoms with van der Waals surface area (Å²) in [7, 11) is 0. The van der Waals surface area contributed by atoms with Gasteiger partial charge in [-0.1, -0.05) is 13.8 Å². The summed E-state index contributed by atoms with van der Waals surface area (Å²) in [5.41, 5.74) is 2.55. The molecule has 8 nitrogen and oxygen atoms in total. The first-order chi connectivity index (χ1) is 18.1. The van der Waals surface area contributed by atoms with Crippen LogP contribution in [0.15, 0.2) is 30.6 Å². The number of rotatable bonds is 8. The van der Waals surface area contributed by atoms with Crippen LogP contribution in [0.5, 0.6) is 0 Å². The first-order valence-corrected chi connectivity index (χ1v) is 14.5. The van der Waals surface area contributed by atoms with Crippen molar-refractivity contribution in [1.29, 1.82) is 0 Å². The molecule has 204 valence electrons. The lowest BCUT2D eigenvalue weighted by atomic mass is 9.94. The van der Waals surface area contributed by atoms with Crippen LogP contribution in [0.2, 0.25) is 0 Å². The van der Waals surface area contributed by atoms with Crippen LogP contribution in [-0.4, -0.2) is 77.2 Å².